The smallest absolute Gasteiger partial charge is 0.253 e. The van der Waals surface area contributed by atoms with Crippen molar-refractivity contribution in [3.63, 3.8) is 0 Å². The number of amides is 1. The molecule has 7 heteroatoms. The van der Waals surface area contributed by atoms with Gasteiger partial charge in [-0.1, -0.05) is 5.16 Å². The molecule has 0 bridgehead atoms. The van der Waals surface area contributed by atoms with Gasteiger partial charge in [-0.3, -0.25) is 4.79 Å². The zero-order valence-corrected chi connectivity index (χ0v) is 9.80. The van der Waals surface area contributed by atoms with Crippen LogP contribution in [0.2, 0.25) is 0 Å². The maximum atomic E-state index is 11.7. The molecule has 94 valence electrons. The van der Waals surface area contributed by atoms with E-state index in [1.54, 1.807) is 25.2 Å². The number of benzene rings is 1. The minimum absolute atomic E-state index is 0.189. The molecule has 1 aromatic carbocycles. The van der Waals surface area contributed by atoms with Crippen LogP contribution in [0.4, 0.5) is 11.4 Å². The summed E-state index contributed by atoms with van der Waals surface area (Å²) in [4.78, 5) is 15.5. The number of aromatic nitrogens is 2. The van der Waals surface area contributed by atoms with E-state index in [0.717, 1.165) is 0 Å². The highest BCUT2D eigenvalue weighted by Crippen LogP contribution is 2.19. The zero-order chi connectivity index (χ0) is 13.0. The van der Waals surface area contributed by atoms with Crippen molar-refractivity contribution < 1.29 is 9.32 Å². The zero-order valence-electron chi connectivity index (χ0n) is 9.80. The first-order valence-corrected chi connectivity index (χ1v) is 5.31. The van der Waals surface area contributed by atoms with Crippen LogP contribution >= 0.6 is 0 Å². The van der Waals surface area contributed by atoms with E-state index in [1.165, 1.54) is 6.39 Å². The van der Waals surface area contributed by atoms with Crippen molar-refractivity contribution in [2.24, 2.45) is 0 Å². The summed E-state index contributed by atoms with van der Waals surface area (Å²) in [6.07, 6.45) is 1.25. The second-order valence-corrected chi connectivity index (χ2v) is 3.59. The number of nitrogens with one attached hydrogen (secondary N) is 2. The predicted molar refractivity (Wildman–Crippen MR) is 65.9 cm³/mol. The number of nitrogen functional groups attached to an aromatic ring is 1. The molecule has 2 rings (SSSR count). The highest BCUT2D eigenvalue weighted by Gasteiger charge is 2.10. The molecule has 1 amide bonds. The Morgan fingerprint density at radius 2 is 2.33 bits per heavy atom. The van der Waals surface area contributed by atoms with Gasteiger partial charge in [0.2, 0.25) is 6.39 Å². The fourth-order valence-corrected chi connectivity index (χ4v) is 1.49. The quantitative estimate of drug-likeness (QED) is 0.684. The molecule has 0 aliphatic rings. The summed E-state index contributed by atoms with van der Waals surface area (Å²) in [6.45, 7) is 0.351. The van der Waals surface area contributed by atoms with Gasteiger partial charge >= 0.3 is 0 Å². The molecule has 0 saturated heterocycles. The van der Waals surface area contributed by atoms with E-state index in [9.17, 15) is 4.79 Å². The molecule has 0 spiro atoms. The fourth-order valence-electron chi connectivity index (χ4n) is 1.49. The molecule has 1 heterocycles. The maximum Gasteiger partial charge on any atom is 0.253 e. The van der Waals surface area contributed by atoms with E-state index in [1.807, 2.05) is 0 Å². The van der Waals surface area contributed by atoms with Gasteiger partial charge in [0.15, 0.2) is 5.82 Å². The Morgan fingerprint density at radius 1 is 1.50 bits per heavy atom. The van der Waals surface area contributed by atoms with Gasteiger partial charge in [0.05, 0.1) is 12.1 Å². The summed E-state index contributed by atoms with van der Waals surface area (Å²) < 4.78 is 4.62. The lowest BCUT2D eigenvalue weighted by Crippen LogP contribution is -2.19. The van der Waals surface area contributed by atoms with Crippen LogP contribution in [-0.4, -0.2) is 23.1 Å². The Bertz CT molecular complexity index is 538. The number of nitrogens with two attached hydrogens (primary N) is 1. The summed E-state index contributed by atoms with van der Waals surface area (Å²) in [7, 11) is 1.57. The van der Waals surface area contributed by atoms with Gasteiger partial charge in [-0.25, -0.2) is 0 Å². The Labute approximate surface area is 103 Å². The lowest BCUT2D eigenvalue weighted by molar-refractivity contribution is 0.0964. The number of carbonyl (C=O) groups is 1. The molecule has 0 aliphatic heterocycles. The fraction of sp³-hybridized carbons (Fsp3) is 0.182. The molecule has 4 N–H and O–H groups in total. The third-order valence-corrected chi connectivity index (χ3v) is 2.36. The lowest BCUT2D eigenvalue weighted by Gasteiger charge is -2.10. The summed E-state index contributed by atoms with van der Waals surface area (Å²) in [6, 6.07) is 5.02. The average molecular weight is 247 g/mol. The van der Waals surface area contributed by atoms with Gasteiger partial charge in [0.25, 0.3) is 5.91 Å². The van der Waals surface area contributed by atoms with Crippen molar-refractivity contribution in [2.45, 2.75) is 6.54 Å². The number of nitrogens with zero attached hydrogens (tertiary/aromatic N) is 2. The van der Waals surface area contributed by atoms with Gasteiger partial charge in [0.1, 0.15) is 0 Å². The molecule has 0 fully saturated rings. The number of hydrogen-bond acceptors (Lipinski definition) is 6. The lowest BCUT2D eigenvalue weighted by atomic mass is 10.1. The topological polar surface area (TPSA) is 106 Å². The molecular weight excluding hydrogens is 234 g/mol. The Morgan fingerprint density at radius 3 is 3.00 bits per heavy atom. The first-order valence-electron chi connectivity index (χ1n) is 5.31. The van der Waals surface area contributed by atoms with Gasteiger partial charge in [-0.15, -0.1) is 0 Å². The molecule has 2 aromatic rings. The third-order valence-electron chi connectivity index (χ3n) is 2.36. The highest BCUT2D eigenvalue weighted by molar-refractivity contribution is 6.00. The minimum atomic E-state index is -0.189. The maximum absolute atomic E-state index is 11.7. The number of anilines is 2. The van der Waals surface area contributed by atoms with E-state index in [4.69, 9.17) is 5.73 Å². The standard InChI is InChI=1S/C11H13N5O2/c1-13-11(17)8-3-2-7(12)4-9(8)14-5-10-15-6-18-16-10/h2-4,6,14H,5,12H2,1H3,(H,13,17). The molecule has 0 atom stereocenters. The van der Waals surface area contributed by atoms with Gasteiger partial charge in [-0.05, 0) is 18.2 Å². The van der Waals surface area contributed by atoms with Crippen molar-refractivity contribution >= 4 is 17.3 Å². The Hall–Kier alpha value is -2.57. The highest BCUT2D eigenvalue weighted by atomic mass is 16.5. The number of rotatable bonds is 4. The van der Waals surface area contributed by atoms with Crippen molar-refractivity contribution in [3.8, 4) is 0 Å². The normalized spacial score (nSPS) is 10.1. The van der Waals surface area contributed by atoms with Gasteiger partial charge in [0, 0.05) is 18.4 Å². The average Bonchev–Trinajstić information content (AvgIpc) is 2.88. The van der Waals surface area contributed by atoms with Crippen LogP contribution in [0, 0.1) is 0 Å². The molecule has 18 heavy (non-hydrogen) atoms. The second-order valence-electron chi connectivity index (χ2n) is 3.59. The summed E-state index contributed by atoms with van der Waals surface area (Å²) in [5.74, 6) is 0.311. The van der Waals surface area contributed by atoms with Crippen LogP contribution in [0.25, 0.3) is 0 Å². The minimum Gasteiger partial charge on any atom is -0.399 e. The van der Waals surface area contributed by atoms with Crippen LogP contribution in [-0.2, 0) is 6.54 Å². The van der Waals surface area contributed by atoms with E-state index in [0.29, 0.717) is 29.3 Å². The predicted octanol–water partition coefficient (Wildman–Crippen LogP) is 0.623. The molecule has 0 radical (unpaired) electrons. The van der Waals surface area contributed by atoms with E-state index in [-0.39, 0.29) is 5.91 Å². The Kier molecular flexibility index (Phi) is 3.42. The monoisotopic (exact) mass is 247 g/mol. The van der Waals surface area contributed by atoms with Crippen molar-refractivity contribution in [1.29, 1.82) is 0 Å². The molecule has 0 saturated carbocycles. The van der Waals surface area contributed by atoms with Gasteiger partial charge < -0.3 is 20.9 Å². The largest absolute Gasteiger partial charge is 0.399 e. The summed E-state index contributed by atoms with van der Waals surface area (Å²) in [5.41, 5.74) is 7.40. The first kappa shape index (κ1) is 11.9. The van der Waals surface area contributed by atoms with Crippen molar-refractivity contribution in [2.75, 3.05) is 18.1 Å². The molecule has 1 aromatic heterocycles. The second kappa shape index (κ2) is 5.17. The van der Waals surface area contributed by atoms with Crippen LogP contribution in [0.5, 0.6) is 0 Å². The van der Waals surface area contributed by atoms with Crippen LogP contribution < -0.4 is 16.4 Å². The molecule has 7 nitrogen and oxygen atoms in total. The van der Waals surface area contributed by atoms with Crippen LogP contribution in [0.3, 0.4) is 0 Å². The number of carbonyl (C=O) groups excluding carboxylic acids is 1. The van der Waals surface area contributed by atoms with E-state index < -0.39 is 0 Å². The molecule has 0 unspecified atom stereocenters. The van der Waals surface area contributed by atoms with Crippen LogP contribution in [0.1, 0.15) is 16.2 Å². The van der Waals surface area contributed by atoms with Crippen molar-refractivity contribution in [1.82, 2.24) is 15.5 Å². The number of hydrogen-bond donors (Lipinski definition) is 3. The first-order chi connectivity index (χ1) is 8.70. The molecule has 0 aliphatic carbocycles. The van der Waals surface area contributed by atoms with Crippen LogP contribution in [0.15, 0.2) is 29.1 Å². The SMILES string of the molecule is CNC(=O)c1ccc(N)cc1NCc1ncon1. The van der Waals surface area contributed by atoms with E-state index in [2.05, 4.69) is 25.3 Å². The Balaban J connectivity index is 2.19. The van der Waals surface area contributed by atoms with Crippen molar-refractivity contribution in [3.05, 3.63) is 36.0 Å². The molecular formula is C11H13N5O2. The summed E-state index contributed by atoms with van der Waals surface area (Å²) in [5, 5.41) is 9.28. The van der Waals surface area contributed by atoms with Gasteiger partial charge in [-0.2, -0.15) is 4.98 Å². The summed E-state index contributed by atoms with van der Waals surface area (Å²) >= 11 is 0. The van der Waals surface area contributed by atoms with E-state index >= 15 is 0 Å². The third kappa shape index (κ3) is 2.57.